The summed E-state index contributed by atoms with van der Waals surface area (Å²) in [5, 5.41) is 0. The molecule has 0 aliphatic carbocycles. The van der Waals surface area contributed by atoms with Crippen molar-refractivity contribution in [3.05, 3.63) is 52.3 Å². The Morgan fingerprint density at radius 1 is 1.07 bits per heavy atom. The van der Waals surface area contributed by atoms with E-state index in [1.807, 2.05) is 18.7 Å². The molecular formula is C22H29N5O. The van der Waals surface area contributed by atoms with Crippen LogP contribution in [0.5, 0.6) is 0 Å². The van der Waals surface area contributed by atoms with Gasteiger partial charge in [0.1, 0.15) is 0 Å². The zero-order chi connectivity index (χ0) is 19.7. The van der Waals surface area contributed by atoms with E-state index in [-0.39, 0.29) is 11.9 Å². The van der Waals surface area contributed by atoms with Crippen molar-refractivity contribution in [2.75, 3.05) is 25.4 Å². The molecule has 1 saturated heterocycles. The number of nitrogens with two attached hydrogens (primary N) is 1. The van der Waals surface area contributed by atoms with E-state index in [1.165, 1.54) is 11.1 Å². The van der Waals surface area contributed by atoms with E-state index in [4.69, 9.17) is 5.73 Å². The van der Waals surface area contributed by atoms with Crippen LogP contribution in [0.15, 0.2) is 24.3 Å². The third-order valence-electron chi connectivity index (χ3n) is 6.26. The SMILES string of the molecule is Cc1nc(N)nc(C)c1CC(=O)N1CCC(N2CCc3ccccc3C2)CC1. The van der Waals surface area contributed by atoms with E-state index in [9.17, 15) is 4.79 Å². The zero-order valence-electron chi connectivity index (χ0n) is 16.8. The molecule has 148 valence electrons. The van der Waals surface area contributed by atoms with Gasteiger partial charge in [-0.3, -0.25) is 9.69 Å². The summed E-state index contributed by atoms with van der Waals surface area (Å²) in [5.74, 6) is 0.442. The Balaban J connectivity index is 1.34. The minimum Gasteiger partial charge on any atom is -0.368 e. The number of aromatic nitrogens is 2. The summed E-state index contributed by atoms with van der Waals surface area (Å²) in [6.45, 7) is 7.61. The number of likely N-dealkylation sites (tertiary alicyclic amines) is 1. The predicted octanol–water partition coefficient (Wildman–Crippen LogP) is 2.27. The molecule has 0 bridgehead atoms. The molecule has 0 radical (unpaired) electrons. The number of rotatable bonds is 3. The first-order valence-corrected chi connectivity index (χ1v) is 10.2. The van der Waals surface area contributed by atoms with Crippen LogP contribution in [0.1, 0.15) is 40.9 Å². The van der Waals surface area contributed by atoms with Gasteiger partial charge in [-0.2, -0.15) is 0 Å². The van der Waals surface area contributed by atoms with Gasteiger partial charge < -0.3 is 10.6 Å². The molecule has 6 heteroatoms. The Morgan fingerprint density at radius 3 is 2.39 bits per heavy atom. The second-order valence-electron chi connectivity index (χ2n) is 8.01. The number of nitrogen functional groups attached to an aromatic ring is 1. The highest BCUT2D eigenvalue weighted by atomic mass is 16.2. The average molecular weight is 380 g/mol. The monoisotopic (exact) mass is 379 g/mol. The fourth-order valence-electron chi connectivity index (χ4n) is 4.59. The number of amides is 1. The van der Waals surface area contributed by atoms with Crippen LogP contribution in [0.2, 0.25) is 0 Å². The quantitative estimate of drug-likeness (QED) is 0.885. The van der Waals surface area contributed by atoms with Crippen LogP contribution in [-0.4, -0.2) is 51.4 Å². The Morgan fingerprint density at radius 2 is 1.71 bits per heavy atom. The number of carbonyl (C=O) groups excluding carboxylic acids is 1. The highest BCUT2D eigenvalue weighted by Crippen LogP contribution is 2.25. The van der Waals surface area contributed by atoms with Gasteiger partial charge in [-0.1, -0.05) is 24.3 Å². The van der Waals surface area contributed by atoms with Crippen LogP contribution in [0.25, 0.3) is 0 Å². The van der Waals surface area contributed by atoms with Crippen LogP contribution in [0.4, 0.5) is 5.95 Å². The van der Waals surface area contributed by atoms with Crippen molar-refractivity contribution in [2.24, 2.45) is 0 Å². The molecule has 4 rings (SSSR count). The van der Waals surface area contributed by atoms with Gasteiger partial charge in [-0.05, 0) is 44.2 Å². The summed E-state index contributed by atoms with van der Waals surface area (Å²) in [5.41, 5.74) is 11.2. The molecule has 28 heavy (non-hydrogen) atoms. The maximum atomic E-state index is 12.8. The molecule has 2 aromatic rings. The Labute approximate surface area is 166 Å². The van der Waals surface area contributed by atoms with Crippen molar-refractivity contribution in [1.29, 1.82) is 0 Å². The van der Waals surface area contributed by atoms with Gasteiger partial charge in [0.05, 0.1) is 6.42 Å². The Bertz CT molecular complexity index is 850. The number of hydrogen-bond acceptors (Lipinski definition) is 5. The lowest BCUT2D eigenvalue weighted by atomic mass is 9.95. The minimum absolute atomic E-state index is 0.169. The maximum Gasteiger partial charge on any atom is 0.227 e. The van der Waals surface area contributed by atoms with Crippen molar-refractivity contribution in [3.8, 4) is 0 Å². The zero-order valence-corrected chi connectivity index (χ0v) is 16.8. The molecule has 1 fully saturated rings. The molecule has 2 N–H and O–H groups in total. The number of anilines is 1. The fourth-order valence-corrected chi connectivity index (χ4v) is 4.59. The largest absolute Gasteiger partial charge is 0.368 e. The summed E-state index contributed by atoms with van der Waals surface area (Å²) >= 11 is 0. The van der Waals surface area contributed by atoms with E-state index in [1.54, 1.807) is 0 Å². The number of hydrogen-bond donors (Lipinski definition) is 1. The molecule has 0 spiro atoms. The van der Waals surface area contributed by atoms with Crippen molar-refractivity contribution in [1.82, 2.24) is 19.8 Å². The van der Waals surface area contributed by atoms with Gasteiger partial charge in [0, 0.05) is 49.2 Å². The lowest BCUT2D eigenvalue weighted by Gasteiger charge is -2.40. The van der Waals surface area contributed by atoms with Crippen molar-refractivity contribution in [3.63, 3.8) is 0 Å². The molecule has 1 aromatic carbocycles. The smallest absolute Gasteiger partial charge is 0.227 e. The molecular weight excluding hydrogens is 350 g/mol. The maximum absolute atomic E-state index is 12.8. The molecule has 0 unspecified atom stereocenters. The number of fused-ring (bicyclic) bond motifs is 1. The number of aryl methyl sites for hydroxylation is 2. The van der Waals surface area contributed by atoms with Crippen LogP contribution in [0.3, 0.4) is 0 Å². The summed E-state index contributed by atoms with van der Waals surface area (Å²) < 4.78 is 0. The molecule has 0 atom stereocenters. The van der Waals surface area contributed by atoms with Crippen molar-refractivity contribution < 1.29 is 4.79 Å². The topological polar surface area (TPSA) is 75.3 Å². The van der Waals surface area contributed by atoms with E-state index in [0.29, 0.717) is 12.5 Å². The number of piperidine rings is 1. The average Bonchev–Trinajstić information content (AvgIpc) is 2.70. The molecule has 2 aliphatic heterocycles. The molecule has 6 nitrogen and oxygen atoms in total. The van der Waals surface area contributed by atoms with Gasteiger partial charge >= 0.3 is 0 Å². The number of nitrogens with zero attached hydrogens (tertiary/aromatic N) is 4. The lowest BCUT2D eigenvalue weighted by Crippen LogP contribution is -2.48. The molecule has 2 aliphatic rings. The van der Waals surface area contributed by atoms with E-state index in [2.05, 4.69) is 39.1 Å². The molecule has 1 aromatic heterocycles. The van der Waals surface area contributed by atoms with Gasteiger partial charge in [0.2, 0.25) is 11.9 Å². The Kier molecular flexibility index (Phi) is 5.31. The minimum atomic E-state index is 0.169. The first kappa shape index (κ1) is 18.9. The van der Waals surface area contributed by atoms with Crippen LogP contribution in [0, 0.1) is 13.8 Å². The third-order valence-corrected chi connectivity index (χ3v) is 6.26. The van der Waals surface area contributed by atoms with Crippen molar-refractivity contribution in [2.45, 2.75) is 52.1 Å². The van der Waals surface area contributed by atoms with Gasteiger partial charge in [0.15, 0.2) is 0 Å². The second kappa shape index (κ2) is 7.87. The summed E-state index contributed by atoms with van der Waals surface area (Å²) in [4.78, 5) is 25.9. The van der Waals surface area contributed by atoms with E-state index >= 15 is 0 Å². The number of carbonyl (C=O) groups is 1. The van der Waals surface area contributed by atoms with Crippen LogP contribution in [-0.2, 0) is 24.2 Å². The third kappa shape index (κ3) is 3.87. The predicted molar refractivity (Wildman–Crippen MR) is 110 cm³/mol. The standard InChI is InChI=1S/C22H29N5O/c1-15-20(16(2)25-22(23)24-15)13-21(28)26-11-8-19(9-12-26)27-10-7-17-5-3-4-6-18(17)14-27/h3-6,19H,7-14H2,1-2H3,(H2,23,24,25). The first-order valence-electron chi connectivity index (χ1n) is 10.2. The molecule has 3 heterocycles. The highest BCUT2D eigenvalue weighted by Gasteiger charge is 2.29. The number of benzene rings is 1. The molecule has 0 saturated carbocycles. The molecule has 1 amide bonds. The van der Waals surface area contributed by atoms with Crippen LogP contribution < -0.4 is 5.73 Å². The second-order valence-corrected chi connectivity index (χ2v) is 8.01. The summed E-state index contributed by atoms with van der Waals surface area (Å²) in [6.07, 6.45) is 3.58. The fraction of sp³-hybridized carbons (Fsp3) is 0.500. The van der Waals surface area contributed by atoms with Crippen molar-refractivity contribution >= 4 is 11.9 Å². The van der Waals surface area contributed by atoms with Gasteiger partial charge in [-0.25, -0.2) is 9.97 Å². The van der Waals surface area contributed by atoms with Crippen LogP contribution >= 0.6 is 0 Å². The normalized spacial score (nSPS) is 18.1. The first-order chi connectivity index (χ1) is 13.5. The summed E-state index contributed by atoms with van der Waals surface area (Å²) in [7, 11) is 0. The van der Waals surface area contributed by atoms with E-state index in [0.717, 1.165) is 62.4 Å². The van der Waals surface area contributed by atoms with Gasteiger partial charge in [0.25, 0.3) is 0 Å². The lowest BCUT2D eigenvalue weighted by molar-refractivity contribution is -0.132. The summed E-state index contributed by atoms with van der Waals surface area (Å²) in [6, 6.07) is 9.33. The van der Waals surface area contributed by atoms with E-state index < -0.39 is 0 Å². The Hall–Kier alpha value is -2.47. The highest BCUT2D eigenvalue weighted by molar-refractivity contribution is 5.79. The van der Waals surface area contributed by atoms with Gasteiger partial charge in [-0.15, -0.1) is 0 Å².